The molecule has 0 bridgehead atoms. The van der Waals surface area contributed by atoms with Crippen LogP contribution < -0.4 is 5.32 Å². The van der Waals surface area contributed by atoms with Crippen LogP contribution in [0.25, 0.3) is 0 Å². The van der Waals surface area contributed by atoms with Gasteiger partial charge in [-0.25, -0.2) is 4.39 Å². The largest absolute Gasteiger partial charge is 0.341 e. The summed E-state index contributed by atoms with van der Waals surface area (Å²) in [6.45, 7) is 4.60. The topological polar surface area (TPSA) is 66.5 Å². The fraction of sp³-hybridized carbons (Fsp3) is 0.375. The zero-order chi connectivity index (χ0) is 21.7. The number of nitrogens with zero attached hydrogens (tertiary/aromatic N) is 1. The lowest BCUT2D eigenvalue weighted by Crippen LogP contribution is -2.53. The Kier molecular flexibility index (Phi) is 6.98. The minimum Gasteiger partial charge on any atom is -0.341 e. The molecule has 2 amide bonds. The average Bonchev–Trinajstić information content (AvgIpc) is 2.77. The van der Waals surface area contributed by atoms with Gasteiger partial charge in [0, 0.05) is 24.6 Å². The summed E-state index contributed by atoms with van der Waals surface area (Å²) in [5, 5.41) is 2.69. The van der Waals surface area contributed by atoms with E-state index in [1.807, 2.05) is 44.2 Å². The molecule has 30 heavy (non-hydrogen) atoms. The van der Waals surface area contributed by atoms with E-state index in [9.17, 15) is 18.8 Å². The molecule has 0 saturated carbocycles. The molecule has 0 aliphatic carbocycles. The molecule has 1 atom stereocenters. The molecule has 2 aromatic carbocycles. The fourth-order valence-electron chi connectivity index (χ4n) is 3.77. The van der Waals surface area contributed by atoms with E-state index in [1.54, 1.807) is 11.0 Å². The molecule has 1 aliphatic rings. The molecule has 3 rings (SSSR count). The van der Waals surface area contributed by atoms with Crippen LogP contribution in [0.15, 0.2) is 54.6 Å². The molecule has 1 aliphatic heterocycles. The van der Waals surface area contributed by atoms with Gasteiger partial charge in [0.1, 0.15) is 11.9 Å². The number of carbonyl (C=O) groups is 3. The molecular formula is C24H27FN2O3. The number of hydrogen-bond donors (Lipinski definition) is 1. The first-order valence-corrected chi connectivity index (χ1v) is 10.3. The maximum atomic E-state index is 13.9. The molecule has 1 heterocycles. The van der Waals surface area contributed by atoms with E-state index in [4.69, 9.17) is 0 Å². The molecule has 0 spiro atoms. The van der Waals surface area contributed by atoms with E-state index in [-0.39, 0.29) is 29.1 Å². The smallest absolute Gasteiger partial charge is 0.254 e. The third-order valence-electron chi connectivity index (χ3n) is 5.57. The third-order valence-corrected chi connectivity index (χ3v) is 5.57. The normalized spacial score (nSPS) is 15.7. The molecule has 6 heteroatoms. The van der Waals surface area contributed by atoms with Crippen LogP contribution in [0, 0.1) is 17.7 Å². The molecule has 1 N–H and O–H groups in total. The second kappa shape index (κ2) is 9.65. The predicted octanol–water partition coefficient (Wildman–Crippen LogP) is 3.70. The summed E-state index contributed by atoms with van der Waals surface area (Å²) in [6.07, 6.45) is 1.18. The Hall–Kier alpha value is -3.02. The highest BCUT2D eigenvalue weighted by molar-refractivity contribution is 5.99. The van der Waals surface area contributed by atoms with E-state index in [0.29, 0.717) is 31.5 Å². The quantitative estimate of drug-likeness (QED) is 0.739. The maximum Gasteiger partial charge on any atom is 0.254 e. The monoisotopic (exact) mass is 410 g/mol. The Labute approximate surface area is 176 Å². The number of piperidine rings is 1. The lowest BCUT2D eigenvalue weighted by molar-refractivity contribution is -0.135. The number of hydrogen-bond acceptors (Lipinski definition) is 3. The van der Waals surface area contributed by atoms with Gasteiger partial charge in [0.2, 0.25) is 5.91 Å². The summed E-state index contributed by atoms with van der Waals surface area (Å²) in [6, 6.07) is 14.1. The van der Waals surface area contributed by atoms with Gasteiger partial charge >= 0.3 is 0 Å². The molecular weight excluding hydrogens is 383 g/mol. The number of likely N-dealkylation sites (tertiary alicyclic amines) is 1. The molecule has 0 unspecified atom stereocenters. The summed E-state index contributed by atoms with van der Waals surface area (Å²) in [5.74, 6) is -1.57. The molecule has 1 fully saturated rings. The highest BCUT2D eigenvalue weighted by Crippen LogP contribution is 2.23. The summed E-state index contributed by atoms with van der Waals surface area (Å²) < 4.78 is 13.9. The van der Waals surface area contributed by atoms with Gasteiger partial charge in [0.15, 0.2) is 5.78 Å². The highest BCUT2D eigenvalue weighted by Gasteiger charge is 2.33. The number of Topliss-reactive ketones (excluding diaryl/α,β-unsaturated/α-hetero) is 1. The third kappa shape index (κ3) is 4.93. The van der Waals surface area contributed by atoms with Gasteiger partial charge in [-0.15, -0.1) is 0 Å². The lowest BCUT2D eigenvalue weighted by atomic mass is 9.88. The summed E-state index contributed by atoms with van der Waals surface area (Å²) in [4.78, 5) is 39.9. The molecule has 1 saturated heterocycles. The van der Waals surface area contributed by atoms with Crippen LogP contribution in [0.2, 0.25) is 0 Å². The maximum absolute atomic E-state index is 13.9. The van der Waals surface area contributed by atoms with Crippen molar-refractivity contribution in [1.82, 2.24) is 10.2 Å². The predicted molar refractivity (Wildman–Crippen MR) is 113 cm³/mol. The molecule has 0 radical (unpaired) electrons. The van der Waals surface area contributed by atoms with Crippen LogP contribution in [0.1, 0.15) is 47.4 Å². The van der Waals surface area contributed by atoms with Crippen molar-refractivity contribution in [3.05, 3.63) is 71.5 Å². The van der Waals surface area contributed by atoms with Crippen molar-refractivity contribution in [2.24, 2.45) is 11.8 Å². The van der Waals surface area contributed by atoms with Crippen molar-refractivity contribution < 1.29 is 18.8 Å². The SMILES string of the molecule is CC(C)[C@@H](NC(=O)c1ccccc1F)C(=O)N1CCC(C(=O)c2ccccc2)CC1. The minimum atomic E-state index is -0.751. The van der Waals surface area contributed by atoms with Crippen molar-refractivity contribution in [3.63, 3.8) is 0 Å². The van der Waals surface area contributed by atoms with Crippen LogP contribution in [-0.2, 0) is 4.79 Å². The Bertz CT molecular complexity index is 906. The number of halogens is 1. The van der Waals surface area contributed by atoms with Crippen molar-refractivity contribution in [2.45, 2.75) is 32.7 Å². The number of amides is 2. The van der Waals surface area contributed by atoms with Gasteiger partial charge in [-0.2, -0.15) is 0 Å². The van der Waals surface area contributed by atoms with E-state index in [2.05, 4.69) is 5.32 Å². The molecule has 158 valence electrons. The van der Waals surface area contributed by atoms with E-state index >= 15 is 0 Å². The Balaban J connectivity index is 1.62. The van der Waals surface area contributed by atoms with Gasteiger partial charge in [-0.3, -0.25) is 14.4 Å². The minimum absolute atomic E-state index is 0.0804. The van der Waals surface area contributed by atoms with E-state index in [1.165, 1.54) is 18.2 Å². The first-order valence-electron chi connectivity index (χ1n) is 10.3. The Morgan fingerprint density at radius 3 is 2.17 bits per heavy atom. The summed E-state index contributed by atoms with van der Waals surface area (Å²) in [7, 11) is 0. The Morgan fingerprint density at radius 2 is 1.57 bits per heavy atom. The first-order chi connectivity index (χ1) is 14.4. The zero-order valence-electron chi connectivity index (χ0n) is 17.3. The van der Waals surface area contributed by atoms with Gasteiger partial charge in [0.25, 0.3) is 5.91 Å². The lowest BCUT2D eigenvalue weighted by Gasteiger charge is -2.35. The van der Waals surface area contributed by atoms with Crippen LogP contribution in [0.3, 0.4) is 0 Å². The number of carbonyl (C=O) groups excluding carboxylic acids is 3. The van der Waals surface area contributed by atoms with Crippen LogP contribution in [-0.4, -0.2) is 41.6 Å². The summed E-state index contributed by atoms with van der Waals surface area (Å²) in [5.41, 5.74) is 0.614. The Morgan fingerprint density at radius 1 is 0.967 bits per heavy atom. The number of nitrogens with one attached hydrogen (secondary N) is 1. The van der Waals surface area contributed by atoms with Crippen molar-refractivity contribution >= 4 is 17.6 Å². The van der Waals surface area contributed by atoms with Crippen LogP contribution in [0.5, 0.6) is 0 Å². The molecule has 2 aromatic rings. The zero-order valence-corrected chi connectivity index (χ0v) is 17.3. The molecule has 5 nitrogen and oxygen atoms in total. The highest BCUT2D eigenvalue weighted by atomic mass is 19.1. The number of ketones is 1. The van der Waals surface area contributed by atoms with Crippen molar-refractivity contribution in [3.8, 4) is 0 Å². The van der Waals surface area contributed by atoms with Crippen LogP contribution >= 0.6 is 0 Å². The molecule has 0 aromatic heterocycles. The van der Waals surface area contributed by atoms with Crippen molar-refractivity contribution in [2.75, 3.05) is 13.1 Å². The standard InChI is InChI=1S/C24H27FN2O3/c1-16(2)21(26-23(29)19-10-6-7-11-20(19)25)24(30)27-14-12-18(13-15-27)22(28)17-8-4-3-5-9-17/h3-11,16,18,21H,12-15H2,1-2H3,(H,26,29)/t21-/m1/s1. The summed E-state index contributed by atoms with van der Waals surface area (Å²) >= 11 is 0. The van der Waals surface area contributed by atoms with Gasteiger partial charge in [0.05, 0.1) is 5.56 Å². The van der Waals surface area contributed by atoms with Gasteiger partial charge in [-0.1, -0.05) is 56.3 Å². The van der Waals surface area contributed by atoms with E-state index < -0.39 is 17.8 Å². The number of benzene rings is 2. The first kappa shape index (κ1) is 21.7. The second-order valence-corrected chi connectivity index (χ2v) is 8.00. The second-order valence-electron chi connectivity index (χ2n) is 8.00. The fourth-order valence-corrected chi connectivity index (χ4v) is 3.77. The van der Waals surface area contributed by atoms with Gasteiger partial charge < -0.3 is 10.2 Å². The van der Waals surface area contributed by atoms with Crippen LogP contribution in [0.4, 0.5) is 4.39 Å². The van der Waals surface area contributed by atoms with Crippen molar-refractivity contribution in [1.29, 1.82) is 0 Å². The number of rotatable bonds is 6. The van der Waals surface area contributed by atoms with E-state index in [0.717, 1.165) is 0 Å². The average molecular weight is 410 g/mol. The van der Waals surface area contributed by atoms with Gasteiger partial charge in [-0.05, 0) is 30.9 Å².